The smallest absolute Gasteiger partial charge is 0.335 e. The van der Waals surface area contributed by atoms with Crippen LogP contribution in [0.3, 0.4) is 0 Å². The summed E-state index contributed by atoms with van der Waals surface area (Å²) in [6.07, 6.45) is 1.31. The number of likely N-dealkylation sites (tertiary alicyclic amines) is 1. The molecule has 6 heteroatoms. The second kappa shape index (κ2) is 8.13. The van der Waals surface area contributed by atoms with Gasteiger partial charge in [0.1, 0.15) is 11.4 Å². The summed E-state index contributed by atoms with van der Waals surface area (Å²) in [5, 5.41) is 2.96. The van der Waals surface area contributed by atoms with E-state index in [0.29, 0.717) is 37.1 Å². The Morgan fingerprint density at radius 3 is 2.63 bits per heavy atom. The van der Waals surface area contributed by atoms with Crippen LogP contribution >= 0.6 is 0 Å². The second-order valence-electron chi connectivity index (χ2n) is 7.04. The molecule has 1 spiro atoms. The Morgan fingerprint density at radius 2 is 1.96 bits per heavy atom. The van der Waals surface area contributed by atoms with Crippen LogP contribution in [0.2, 0.25) is 0 Å². The van der Waals surface area contributed by atoms with Crippen molar-refractivity contribution in [1.29, 1.82) is 0 Å². The Morgan fingerprint density at radius 1 is 1.26 bits per heavy atom. The molecule has 1 N–H and O–H groups in total. The van der Waals surface area contributed by atoms with Gasteiger partial charge in [-0.2, -0.15) is 0 Å². The van der Waals surface area contributed by atoms with Crippen molar-refractivity contribution in [2.75, 3.05) is 26.2 Å². The molecule has 0 aromatic heterocycles. The number of hydrogen-bond donors (Lipinski definition) is 1. The van der Waals surface area contributed by atoms with Crippen LogP contribution in [-0.2, 0) is 20.9 Å². The van der Waals surface area contributed by atoms with Crippen molar-refractivity contribution in [1.82, 2.24) is 10.2 Å². The van der Waals surface area contributed by atoms with E-state index in [0.717, 1.165) is 30.9 Å². The van der Waals surface area contributed by atoms with E-state index < -0.39 is 5.60 Å². The normalized spacial score (nSPS) is 19.3. The van der Waals surface area contributed by atoms with Crippen LogP contribution in [0, 0.1) is 0 Å². The van der Waals surface area contributed by atoms with Gasteiger partial charge < -0.3 is 19.7 Å². The number of nitrogens with zero attached hydrogens (tertiary/aromatic N) is 1. The van der Waals surface area contributed by atoms with Gasteiger partial charge in [0.05, 0.1) is 12.2 Å². The maximum absolute atomic E-state index is 13.0. The first-order valence-electron chi connectivity index (χ1n) is 9.66. The molecule has 2 heterocycles. The highest BCUT2D eigenvalue weighted by atomic mass is 16.6. The van der Waals surface area contributed by atoms with Crippen LogP contribution in [0.1, 0.15) is 39.2 Å². The number of para-hydroxylation sites is 1. The standard InChI is InChI=1S/C21H28N2O4/c1-4-23-12-10-21(11-13-23)18(15(3)20(25)27-21)19(24)22-14-16-8-6-7-9-17(16)26-5-2/h6-9H,4-5,10-14H2,1-3H3,(H,22,24). The number of hydrogen-bond acceptors (Lipinski definition) is 5. The van der Waals surface area contributed by atoms with E-state index in [9.17, 15) is 9.59 Å². The molecule has 2 aliphatic rings. The fourth-order valence-electron chi connectivity index (χ4n) is 3.92. The molecule has 1 aromatic carbocycles. The number of esters is 1. The molecule has 6 nitrogen and oxygen atoms in total. The first-order chi connectivity index (χ1) is 13.0. The number of benzene rings is 1. The summed E-state index contributed by atoms with van der Waals surface area (Å²) < 4.78 is 11.3. The number of ether oxygens (including phenoxy) is 2. The van der Waals surface area contributed by atoms with Gasteiger partial charge in [0.2, 0.25) is 0 Å². The van der Waals surface area contributed by atoms with Crippen molar-refractivity contribution < 1.29 is 19.1 Å². The van der Waals surface area contributed by atoms with Crippen molar-refractivity contribution in [3.05, 3.63) is 41.0 Å². The molecule has 0 unspecified atom stereocenters. The van der Waals surface area contributed by atoms with Gasteiger partial charge in [-0.05, 0) is 26.5 Å². The van der Waals surface area contributed by atoms with E-state index in [1.54, 1.807) is 6.92 Å². The minimum absolute atomic E-state index is 0.227. The summed E-state index contributed by atoms with van der Waals surface area (Å²) in [5.74, 6) is 0.158. The third-order valence-corrected chi connectivity index (χ3v) is 5.47. The number of carbonyl (C=O) groups excluding carboxylic acids is 2. The molecular weight excluding hydrogens is 344 g/mol. The number of piperidine rings is 1. The quantitative estimate of drug-likeness (QED) is 0.777. The predicted octanol–water partition coefficient (Wildman–Crippen LogP) is 2.43. The summed E-state index contributed by atoms with van der Waals surface area (Å²) in [6, 6.07) is 7.64. The number of carbonyl (C=O) groups is 2. The minimum atomic E-state index is -0.781. The molecule has 1 fully saturated rings. The van der Waals surface area contributed by atoms with Crippen molar-refractivity contribution in [2.24, 2.45) is 0 Å². The molecule has 27 heavy (non-hydrogen) atoms. The Bertz CT molecular complexity index is 748. The third kappa shape index (κ3) is 3.86. The summed E-state index contributed by atoms with van der Waals surface area (Å²) in [4.78, 5) is 27.6. The summed E-state index contributed by atoms with van der Waals surface area (Å²) in [5.41, 5.74) is 1.05. The molecule has 3 rings (SSSR count). The number of rotatable bonds is 6. The molecule has 1 aromatic rings. The van der Waals surface area contributed by atoms with Gasteiger partial charge in [0.25, 0.3) is 5.91 Å². The largest absolute Gasteiger partial charge is 0.494 e. The third-order valence-electron chi connectivity index (χ3n) is 5.47. The summed E-state index contributed by atoms with van der Waals surface area (Å²) in [6.45, 7) is 9.24. The van der Waals surface area contributed by atoms with Crippen LogP contribution in [0.5, 0.6) is 5.75 Å². The number of nitrogens with one attached hydrogen (secondary N) is 1. The zero-order valence-corrected chi connectivity index (χ0v) is 16.3. The van der Waals surface area contributed by atoms with Gasteiger partial charge in [-0.1, -0.05) is 25.1 Å². The van der Waals surface area contributed by atoms with Crippen LogP contribution in [0.4, 0.5) is 0 Å². The Kier molecular flexibility index (Phi) is 5.85. The van der Waals surface area contributed by atoms with Gasteiger partial charge in [-0.25, -0.2) is 4.79 Å². The van der Waals surface area contributed by atoms with E-state index in [-0.39, 0.29) is 11.9 Å². The van der Waals surface area contributed by atoms with Gasteiger partial charge in [-0.15, -0.1) is 0 Å². The van der Waals surface area contributed by atoms with Gasteiger partial charge in [-0.3, -0.25) is 4.79 Å². The lowest BCUT2D eigenvalue weighted by Gasteiger charge is -2.39. The van der Waals surface area contributed by atoms with Crippen LogP contribution in [-0.4, -0.2) is 48.6 Å². The average molecular weight is 372 g/mol. The minimum Gasteiger partial charge on any atom is -0.494 e. The zero-order chi connectivity index (χ0) is 19.4. The lowest BCUT2D eigenvalue weighted by atomic mass is 9.82. The molecule has 0 bridgehead atoms. The summed E-state index contributed by atoms with van der Waals surface area (Å²) >= 11 is 0. The topological polar surface area (TPSA) is 67.9 Å². The lowest BCUT2D eigenvalue weighted by molar-refractivity contribution is -0.150. The van der Waals surface area contributed by atoms with E-state index in [1.165, 1.54) is 0 Å². The van der Waals surface area contributed by atoms with E-state index in [2.05, 4.69) is 17.1 Å². The Labute approximate surface area is 160 Å². The van der Waals surface area contributed by atoms with Crippen molar-refractivity contribution in [3.8, 4) is 5.75 Å². The molecule has 1 amide bonds. The Hall–Kier alpha value is -2.34. The highest BCUT2D eigenvalue weighted by Crippen LogP contribution is 2.41. The van der Waals surface area contributed by atoms with E-state index >= 15 is 0 Å². The van der Waals surface area contributed by atoms with E-state index in [1.807, 2.05) is 31.2 Å². The predicted molar refractivity (Wildman–Crippen MR) is 102 cm³/mol. The summed E-state index contributed by atoms with van der Waals surface area (Å²) in [7, 11) is 0. The molecule has 2 aliphatic heterocycles. The van der Waals surface area contributed by atoms with Crippen molar-refractivity contribution >= 4 is 11.9 Å². The SMILES string of the molecule is CCOc1ccccc1CNC(=O)C1=C(C)C(=O)OC12CCN(CC)CC2. The molecule has 1 saturated heterocycles. The molecule has 0 radical (unpaired) electrons. The van der Waals surface area contributed by atoms with Gasteiger partial charge in [0, 0.05) is 43.6 Å². The maximum Gasteiger partial charge on any atom is 0.335 e. The first kappa shape index (κ1) is 19.4. The average Bonchev–Trinajstić information content (AvgIpc) is 2.91. The number of amides is 1. The molecule has 0 saturated carbocycles. The maximum atomic E-state index is 13.0. The monoisotopic (exact) mass is 372 g/mol. The molecule has 146 valence electrons. The fraction of sp³-hybridized carbons (Fsp3) is 0.524. The molecule has 0 atom stereocenters. The van der Waals surface area contributed by atoms with Crippen LogP contribution in [0.15, 0.2) is 35.4 Å². The van der Waals surface area contributed by atoms with E-state index in [4.69, 9.17) is 9.47 Å². The van der Waals surface area contributed by atoms with Crippen LogP contribution in [0.25, 0.3) is 0 Å². The van der Waals surface area contributed by atoms with Crippen LogP contribution < -0.4 is 10.1 Å². The first-order valence-corrected chi connectivity index (χ1v) is 9.66. The van der Waals surface area contributed by atoms with Gasteiger partial charge >= 0.3 is 5.97 Å². The van der Waals surface area contributed by atoms with Crippen molar-refractivity contribution in [3.63, 3.8) is 0 Å². The highest BCUT2D eigenvalue weighted by molar-refractivity contribution is 6.07. The molecular formula is C21H28N2O4. The second-order valence-corrected chi connectivity index (χ2v) is 7.04. The molecule has 0 aliphatic carbocycles. The zero-order valence-electron chi connectivity index (χ0n) is 16.3. The Balaban J connectivity index is 1.75. The lowest BCUT2D eigenvalue weighted by Crippen LogP contribution is -2.48. The highest BCUT2D eigenvalue weighted by Gasteiger charge is 2.50. The van der Waals surface area contributed by atoms with Crippen molar-refractivity contribution in [2.45, 2.75) is 45.8 Å². The van der Waals surface area contributed by atoms with Gasteiger partial charge in [0.15, 0.2) is 0 Å². The fourth-order valence-corrected chi connectivity index (χ4v) is 3.92.